The number of nitrogens with zero attached hydrogens (tertiary/aromatic N) is 1. The van der Waals surface area contributed by atoms with Gasteiger partial charge in [-0.05, 0) is 43.5 Å². The van der Waals surface area contributed by atoms with Gasteiger partial charge in [0.2, 0.25) is 0 Å². The summed E-state index contributed by atoms with van der Waals surface area (Å²) in [5.74, 6) is 0.616. The standard InChI is InChI=1S/C16H17NO3/c1-11-8-10-20-15(11)16(19)17-9-2-3-14(17)12-4-6-13(18)7-5-12/h4-8,10,14,18H,2-3,9H2,1H3/t14-/m1/s1. The van der Waals surface area contributed by atoms with Gasteiger partial charge >= 0.3 is 0 Å². The van der Waals surface area contributed by atoms with Crippen molar-refractivity contribution in [3.8, 4) is 5.75 Å². The minimum Gasteiger partial charge on any atom is -0.508 e. The van der Waals surface area contributed by atoms with E-state index in [2.05, 4.69) is 0 Å². The van der Waals surface area contributed by atoms with Crippen molar-refractivity contribution in [3.63, 3.8) is 0 Å². The number of furan rings is 1. The molecule has 1 N–H and O–H groups in total. The second kappa shape index (κ2) is 5.04. The Balaban J connectivity index is 1.87. The van der Waals surface area contributed by atoms with E-state index >= 15 is 0 Å². The van der Waals surface area contributed by atoms with Crippen LogP contribution >= 0.6 is 0 Å². The van der Waals surface area contributed by atoms with Gasteiger partial charge in [-0.3, -0.25) is 4.79 Å². The van der Waals surface area contributed by atoms with E-state index in [0.29, 0.717) is 5.76 Å². The van der Waals surface area contributed by atoms with Crippen LogP contribution < -0.4 is 0 Å². The summed E-state index contributed by atoms with van der Waals surface area (Å²) in [6, 6.07) is 8.94. The van der Waals surface area contributed by atoms with Gasteiger partial charge in [0.25, 0.3) is 5.91 Å². The molecule has 1 aliphatic heterocycles. The van der Waals surface area contributed by atoms with Crippen molar-refractivity contribution < 1.29 is 14.3 Å². The highest BCUT2D eigenvalue weighted by Gasteiger charge is 2.32. The van der Waals surface area contributed by atoms with Crippen LogP contribution in [-0.4, -0.2) is 22.5 Å². The molecular weight excluding hydrogens is 254 g/mol. The van der Waals surface area contributed by atoms with Crippen molar-refractivity contribution in [2.24, 2.45) is 0 Å². The van der Waals surface area contributed by atoms with Crippen LogP contribution in [0.4, 0.5) is 0 Å². The number of likely N-dealkylation sites (tertiary alicyclic amines) is 1. The smallest absolute Gasteiger partial charge is 0.290 e. The van der Waals surface area contributed by atoms with Crippen LogP contribution in [0.3, 0.4) is 0 Å². The summed E-state index contributed by atoms with van der Waals surface area (Å²) in [4.78, 5) is 14.4. The average Bonchev–Trinajstić information content (AvgIpc) is 3.07. The molecule has 4 nitrogen and oxygen atoms in total. The van der Waals surface area contributed by atoms with E-state index < -0.39 is 0 Å². The molecule has 0 spiro atoms. The predicted molar refractivity (Wildman–Crippen MR) is 74.6 cm³/mol. The molecule has 1 fully saturated rings. The number of aryl methyl sites for hydroxylation is 1. The maximum atomic E-state index is 12.6. The van der Waals surface area contributed by atoms with Crippen LogP contribution in [0.1, 0.15) is 40.6 Å². The predicted octanol–water partition coefficient (Wildman–Crippen LogP) is 3.27. The molecule has 3 rings (SSSR count). The Labute approximate surface area is 117 Å². The highest BCUT2D eigenvalue weighted by molar-refractivity contribution is 5.93. The number of carbonyl (C=O) groups is 1. The molecular formula is C16H17NO3. The summed E-state index contributed by atoms with van der Waals surface area (Å²) in [5.41, 5.74) is 1.92. The van der Waals surface area contributed by atoms with Gasteiger partial charge in [-0.25, -0.2) is 0 Å². The first kappa shape index (κ1) is 12.8. The second-order valence-corrected chi connectivity index (χ2v) is 5.18. The Morgan fingerprint density at radius 3 is 2.70 bits per heavy atom. The number of benzene rings is 1. The first-order valence-electron chi connectivity index (χ1n) is 6.81. The number of phenolic OH excluding ortho intramolecular Hbond substituents is 1. The summed E-state index contributed by atoms with van der Waals surface area (Å²) in [6.07, 6.45) is 3.47. The van der Waals surface area contributed by atoms with Gasteiger partial charge in [0.1, 0.15) is 5.75 Å². The third kappa shape index (κ3) is 2.18. The third-order valence-corrected chi connectivity index (χ3v) is 3.85. The largest absolute Gasteiger partial charge is 0.508 e. The number of carbonyl (C=O) groups excluding carboxylic acids is 1. The van der Waals surface area contributed by atoms with Crippen molar-refractivity contribution in [3.05, 3.63) is 53.5 Å². The Hall–Kier alpha value is -2.23. The van der Waals surface area contributed by atoms with Gasteiger partial charge in [0.15, 0.2) is 5.76 Å². The first-order valence-corrected chi connectivity index (χ1v) is 6.81. The summed E-state index contributed by atoms with van der Waals surface area (Å²) < 4.78 is 5.31. The zero-order valence-electron chi connectivity index (χ0n) is 11.4. The van der Waals surface area contributed by atoms with E-state index in [1.165, 1.54) is 0 Å². The first-order chi connectivity index (χ1) is 9.66. The van der Waals surface area contributed by atoms with Crippen LogP contribution in [0.15, 0.2) is 41.0 Å². The lowest BCUT2D eigenvalue weighted by molar-refractivity contribution is 0.0702. The van der Waals surface area contributed by atoms with Crippen LogP contribution in [-0.2, 0) is 0 Å². The van der Waals surface area contributed by atoms with E-state index in [9.17, 15) is 9.90 Å². The maximum absolute atomic E-state index is 12.6. The van der Waals surface area contributed by atoms with Gasteiger partial charge in [-0.2, -0.15) is 0 Å². The third-order valence-electron chi connectivity index (χ3n) is 3.85. The van der Waals surface area contributed by atoms with E-state index in [-0.39, 0.29) is 17.7 Å². The quantitative estimate of drug-likeness (QED) is 0.912. The van der Waals surface area contributed by atoms with Crippen molar-refractivity contribution in [2.75, 3.05) is 6.54 Å². The molecule has 0 unspecified atom stereocenters. The molecule has 1 amide bonds. The van der Waals surface area contributed by atoms with Gasteiger partial charge in [-0.15, -0.1) is 0 Å². The van der Waals surface area contributed by atoms with Gasteiger partial charge in [-0.1, -0.05) is 12.1 Å². The van der Waals surface area contributed by atoms with Crippen LogP contribution in [0.5, 0.6) is 5.75 Å². The molecule has 0 saturated carbocycles. The summed E-state index contributed by atoms with van der Waals surface area (Å²) in [5, 5.41) is 9.37. The summed E-state index contributed by atoms with van der Waals surface area (Å²) in [7, 11) is 0. The highest BCUT2D eigenvalue weighted by atomic mass is 16.3. The van der Waals surface area contributed by atoms with Gasteiger partial charge in [0, 0.05) is 12.1 Å². The Kier molecular flexibility index (Phi) is 3.22. The van der Waals surface area contributed by atoms with E-state index in [0.717, 1.165) is 30.5 Å². The lowest BCUT2D eigenvalue weighted by Gasteiger charge is -2.24. The van der Waals surface area contributed by atoms with Gasteiger partial charge in [0.05, 0.1) is 12.3 Å². The number of phenols is 1. The lowest BCUT2D eigenvalue weighted by Crippen LogP contribution is -2.30. The molecule has 4 heteroatoms. The fourth-order valence-electron chi connectivity index (χ4n) is 2.78. The molecule has 0 aliphatic carbocycles. The fourth-order valence-corrected chi connectivity index (χ4v) is 2.78. The van der Waals surface area contributed by atoms with Crippen molar-refractivity contribution in [2.45, 2.75) is 25.8 Å². The van der Waals surface area contributed by atoms with Gasteiger partial charge < -0.3 is 14.4 Å². The maximum Gasteiger partial charge on any atom is 0.290 e. The molecule has 20 heavy (non-hydrogen) atoms. The Morgan fingerprint density at radius 2 is 2.05 bits per heavy atom. The zero-order chi connectivity index (χ0) is 14.1. The molecule has 0 radical (unpaired) electrons. The zero-order valence-corrected chi connectivity index (χ0v) is 11.4. The molecule has 1 aromatic heterocycles. The Bertz CT molecular complexity index is 615. The number of amides is 1. The van der Waals surface area contributed by atoms with E-state index in [1.807, 2.05) is 24.0 Å². The minimum absolute atomic E-state index is 0.0527. The molecule has 0 bridgehead atoms. The van der Waals surface area contributed by atoms with Crippen LogP contribution in [0, 0.1) is 6.92 Å². The molecule has 1 aromatic carbocycles. The number of hydrogen-bond acceptors (Lipinski definition) is 3. The molecule has 1 aliphatic rings. The topological polar surface area (TPSA) is 53.7 Å². The molecule has 104 valence electrons. The monoisotopic (exact) mass is 271 g/mol. The molecule has 2 heterocycles. The lowest BCUT2D eigenvalue weighted by atomic mass is 10.0. The Morgan fingerprint density at radius 1 is 1.30 bits per heavy atom. The number of rotatable bonds is 2. The number of hydrogen-bond donors (Lipinski definition) is 1. The fraction of sp³-hybridized carbons (Fsp3) is 0.312. The molecule has 2 aromatic rings. The van der Waals surface area contributed by atoms with Crippen LogP contribution in [0.25, 0.3) is 0 Å². The van der Waals surface area contributed by atoms with E-state index in [1.54, 1.807) is 24.5 Å². The SMILES string of the molecule is Cc1ccoc1C(=O)N1CCC[C@@H]1c1ccc(O)cc1. The summed E-state index contributed by atoms with van der Waals surface area (Å²) >= 11 is 0. The second-order valence-electron chi connectivity index (χ2n) is 5.18. The summed E-state index contributed by atoms with van der Waals surface area (Å²) in [6.45, 7) is 2.62. The average molecular weight is 271 g/mol. The molecule has 1 saturated heterocycles. The normalized spacial score (nSPS) is 18.4. The highest BCUT2D eigenvalue weighted by Crippen LogP contribution is 2.34. The number of aromatic hydroxyl groups is 1. The van der Waals surface area contributed by atoms with E-state index in [4.69, 9.17) is 4.42 Å². The van der Waals surface area contributed by atoms with Crippen LogP contribution in [0.2, 0.25) is 0 Å². The van der Waals surface area contributed by atoms with Crippen molar-refractivity contribution in [1.29, 1.82) is 0 Å². The minimum atomic E-state index is -0.0527. The molecule has 1 atom stereocenters. The van der Waals surface area contributed by atoms with Crippen molar-refractivity contribution in [1.82, 2.24) is 4.90 Å². The van der Waals surface area contributed by atoms with Crippen molar-refractivity contribution >= 4 is 5.91 Å².